The molecule has 1 rings (SSSR count). The van der Waals surface area contributed by atoms with Gasteiger partial charge in [0.15, 0.2) is 9.84 Å². The first-order chi connectivity index (χ1) is 9.79. The van der Waals surface area contributed by atoms with Gasteiger partial charge in [-0.2, -0.15) is 0 Å². The molecule has 0 unspecified atom stereocenters. The standard InChI is InChI=1S/C15H19ClO4S/c1-3-4-5-6-7-8-21(19,20)14-10-12(16)9-13(11(14)2)15(17)18/h3,9-10H,1,4-8H2,2H3,(H,17,18). The largest absolute Gasteiger partial charge is 0.478 e. The first kappa shape index (κ1) is 17.7. The van der Waals surface area contributed by atoms with Gasteiger partial charge in [-0.05, 0) is 43.9 Å². The van der Waals surface area contributed by atoms with Crippen molar-refractivity contribution in [3.63, 3.8) is 0 Å². The van der Waals surface area contributed by atoms with Gasteiger partial charge in [-0.1, -0.05) is 24.1 Å². The Kier molecular flexibility index (Phi) is 6.42. The zero-order chi connectivity index (χ0) is 16.0. The first-order valence-electron chi connectivity index (χ1n) is 6.66. The summed E-state index contributed by atoms with van der Waals surface area (Å²) in [5.74, 6) is -1.19. The summed E-state index contributed by atoms with van der Waals surface area (Å²) in [6.07, 6.45) is 4.88. The lowest BCUT2D eigenvalue weighted by Crippen LogP contribution is -2.11. The maximum atomic E-state index is 12.3. The Labute approximate surface area is 130 Å². The Morgan fingerprint density at radius 3 is 2.57 bits per heavy atom. The van der Waals surface area contributed by atoms with Crippen LogP contribution in [0.2, 0.25) is 5.02 Å². The minimum absolute atomic E-state index is 0.00954. The van der Waals surface area contributed by atoms with Crippen LogP contribution in [0.3, 0.4) is 0 Å². The van der Waals surface area contributed by atoms with Crippen molar-refractivity contribution < 1.29 is 18.3 Å². The minimum Gasteiger partial charge on any atom is -0.478 e. The van der Waals surface area contributed by atoms with Gasteiger partial charge >= 0.3 is 5.97 Å². The predicted octanol–water partition coefficient (Wildman–Crippen LogP) is 3.87. The molecular weight excluding hydrogens is 312 g/mol. The van der Waals surface area contributed by atoms with E-state index >= 15 is 0 Å². The van der Waals surface area contributed by atoms with Crippen LogP contribution < -0.4 is 0 Å². The topological polar surface area (TPSA) is 71.4 Å². The summed E-state index contributed by atoms with van der Waals surface area (Å²) in [7, 11) is -3.53. The highest BCUT2D eigenvalue weighted by Gasteiger charge is 2.21. The van der Waals surface area contributed by atoms with Crippen molar-refractivity contribution in [2.24, 2.45) is 0 Å². The Morgan fingerprint density at radius 1 is 1.33 bits per heavy atom. The van der Waals surface area contributed by atoms with Crippen LogP contribution in [0.5, 0.6) is 0 Å². The van der Waals surface area contributed by atoms with E-state index in [2.05, 4.69) is 6.58 Å². The molecule has 0 amide bonds. The second-order valence-electron chi connectivity index (χ2n) is 4.84. The molecule has 0 radical (unpaired) electrons. The van der Waals surface area contributed by atoms with Gasteiger partial charge in [0.2, 0.25) is 0 Å². The van der Waals surface area contributed by atoms with Crippen molar-refractivity contribution in [2.45, 2.75) is 37.5 Å². The lowest BCUT2D eigenvalue weighted by Gasteiger charge is -2.11. The molecule has 0 aromatic heterocycles. The van der Waals surface area contributed by atoms with Crippen LogP contribution in [0.4, 0.5) is 0 Å². The zero-order valence-electron chi connectivity index (χ0n) is 11.9. The average molecular weight is 331 g/mol. The van der Waals surface area contributed by atoms with Crippen molar-refractivity contribution in [1.29, 1.82) is 0 Å². The number of hydrogen-bond donors (Lipinski definition) is 1. The third kappa shape index (κ3) is 4.86. The number of benzene rings is 1. The van der Waals surface area contributed by atoms with E-state index < -0.39 is 15.8 Å². The quantitative estimate of drug-likeness (QED) is 0.580. The molecule has 0 aliphatic rings. The second kappa shape index (κ2) is 7.61. The summed E-state index contributed by atoms with van der Waals surface area (Å²) in [4.78, 5) is 11.1. The average Bonchev–Trinajstić information content (AvgIpc) is 2.40. The van der Waals surface area contributed by atoms with E-state index in [1.54, 1.807) is 6.08 Å². The fourth-order valence-corrected chi connectivity index (χ4v) is 4.04. The molecule has 0 bridgehead atoms. The van der Waals surface area contributed by atoms with E-state index in [1.807, 2.05) is 0 Å². The maximum absolute atomic E-state index is 12.3. The van der Waals surface area contributed by atoms with E-state index in [0.717, 1.165) is 19.3 Å². The van der Waals surface area contributed by atoms with Gasteiger partial charge in [-0.15, -0.1) is 6.58 Å². The van der Waals surface area contributed by atoms with Crippen LogP contribution in [0.1, 0.15) is 41.6 Å². The Bertz CT molecular complexity index is 635. The van der Waals surface area contributed by atoms with Crippen molar-refractivity contribution in [1.82, 2.24) is 0 Å². The van der Waals surface area contributed by atoms with Crippen LogP contribution >= 0.6 is 11.6 Å². The molecule has 0 saturated heterocycles. The molecule has 0 heterocycles. The van der Waals surface area contributed by atoms with Gasteiger partial charge in [0.25, 0.3) is 0 Å². The molecule has 0 aliphatic heterocycles. The molecule has 1 aromatic carbocycles. The van der Waals surface area contributed by atoms with Gasteiger partial charge in [-0.3, -0.25) is 0 Å². The molecule has 1 N–H and O–H groups in total. The highest BCUT2D eigenvalue weighted by atomic mass is 35.5. The fourth-order valence-electron chi connectivity index (χ4n) is 2.07. The normalized spacial score (nSPS) is 11.3. The molecule has 0 atom stereocenters. The van der Waals surface area contributed by atoms with Crippen LogP contribution in [-0.4, -0.2) is 25.2 Å². The minimum atomic E-state index is -3.53. The number of hydrogen-bond acceptors (Lipinski definition) is 3. The molecule has 0 fully saturated rings. The maximum Gasteiger partial charge on any atom is 0.336 e. The van der Waals surface area contributed by atoms with E-state index in [-0.39, 0.29) is 26.8 Å². The van der Waals surface area contributed by atoms with Crippen molar-refractivity contribution in [2.75, 3.05) is 5.75 Å². The number of rotatable bonds is 8. The molecule has 6 heteroatoms. The summed E-state index contributed by atoms with van der Waals surface area (Å²) in [5.41, 5.74) is 0.158. The summed E-state index contributed by atoms with van der Waals surface area (Å²) < 4.78 is 24.7. The monoisotopic (exact) mass is 330 g/mol. The molecule has 21 heavy (non-hydrogen) atoms. The highest BCUT2D eigenvalue weighted by Crippen LogP contribution is 2.26. The van der Waals surface area contributed by atoms with Crippen molar-refractivity contribution in [3.8, 4) is 0 Å². The molecule has 0 aliphatic carbocycles. The summed E-state index contributed by atoms with van der Waals surface area (Å²) in [6.45, 7) is 5.10. The van der Waals surface area contributed by atoms with Gasteiger partial charge < -0.3 is 5.11 Å². The van der Waals surface area contributed by atoms with Crippen LogP contribution in [0.25, 0.3) is 0 Å². The predicted molar refractivity (Wildman–Crippen MR) is 83.9 cm³/mol. The lowest BCUT2D eigenvalue weighted by molar-refractivity contribution is 0.0696. The number of aromatic carboxylic acids is 1. The second-order valence-corrected chi connectivity index (χ2v) is 7.35. The lowest BCUT2D eigenvalue weighted by atomic mass is 10.1. The first-order valence-corrected chi connectivity index (χ1v) is 8.69. The van der Waals surface area contributed by atoms with E-state index in [4.69, 9.17) is 16.7 Å². The smallest absolute Gasteiger partial charge is 0.336 e. The van der Waals surface area contributed by atoms with Gasteiger partial charge in [0.1, 0.15) is 0 Å². The number of allylic oxidation sites excluding steroid dienone is 1. The molecule has 116 valence electrons. The molecule has 4 nitrogen and oxygen atoms in total. The zero-order valence-corrected chi connectivity index (χ0v) is 13.5. The van der Waals surface area contributed by atoms with E-state index in [0.29, 0.717) is 6.42 Å². The van der Waals surface area contributed by atoms with Crippen LogP contribution in [-0.2, 0) is 9.84 Å². The SMILES string of the molecule is C=CCCCCCS(=O)(=O)c1cc(Cl)cc(C(=O)O)c1C. The van der Waals surface area contributed by atoms with Crippen LogP contribution in [0, 0.1) is 6.92 Å². The van der Waals surface area contributed by atoms with Crippen LogP contribution in [0.15, 0.2) is 29.7 Å². The fraction of sp³-hybridized carbons (Fsp3) is 0.400. The number of carboxylic acids is 1. The third-order valence-electron chi connectivity index (χ3n) is 3.21. The van der Waals surface area contributed by atoms with Gasteiger partial charge in [0, 0.05) is 5.02 Å². The number of carbonyl (C=O) groups is 1. The summed E-state index contributed by atoms with van der Waals surface area (Å²) >= 11 is 5.84. The van der Waals surface area contributed by atoms with E-state index in [9.17, 15) is 13.2 Å². The molecule has 0 spiro atoms. The Morgan fingerprint density at radius 2 is 2.00 bits per heavy atom. The van der Waals surface area contributed by atoms with E-state index in [1.165, 1.54) is 19.1 Å². The molecule has 1 aromatic rings. The number of carboxylic acid groups (broad SMARTS) is 1. The highest BCUT2D eigenvalue weighted by molar-refractivity contribution is 7.91. The number of unbranched alkanes of at least 4 members (excludes halogenated alkanes) is 3. The number of sulfone groups is 1. The summed E-state index contributed by atoms with van der Waals surface area (Å²) in [5, 5.41) is 9.20. The van der Waals surface area contributed by atoms with Gasteiger partial charge in [0.05, 0.1) is 16.2 Å². The molecular formula is C15H19ClO4S. The number of halogens is 1. The van der Waals surface area contributed by atoms with Crippen molar-refractivity contribution in [3.05, 3.63) is 40.9 Å². The van der Waals surface area contributed by atoms with Crippen molar-refractivity contribution >= 4 is 27.4 Å². The van der Waals surface area contributed by atoms with Gasteiger partial charge in [-0.25, -0.2) is 13.2 Å². The summed E-state index contributed by atoms with van der Waals surface area (Å²) in [6, 6.07) is 2.59. The Balaban J connectivity index is 2.98. The molecule has 0 saturated carbocycles. The Hall–Kier alpha value is -1.33. The third-order valence-corrected chi connectivity index (χ3v) is 5.35.